The molecular weight excluding hydrogens is 250 g/mol. The van der Waals surface area contributed by atoms with Gasteiger partial charge in [-0.25, -0.2) is 0 Å². The van der Waals surface area contributed by atoms with Crippen molar-refractivity contribution in [2.45, 2.75) is 25.9 Å². The van der Waals surface area contributed by atoms with E-state index in [1.165, 1.54) is 4.31 Å². The van der Waals surface area contributed by atoms with Crippen molar-refractivity contribution in [3.63, 3.8) is 0 Å². The number of anilines is 1. The first-order valence-corrected chi connectivity index (χ1v) is 7.50. The summed E-state index contributed by atoms with van der Waals surface area (Å²) in [5.41, 5.74) is 0.594. The number of para-hydroxylation sites is 1. The predicted molar refractivity (Wildman–Crippen MR) is 72.6 cm³/mol. The molecule has 2 rings (SSSR count). The molecule has 2 N–H and O–H groups in total. The molecular formula is C12H19N3O2S. The maximum absolute atomic E-state index is 12.2. The van der Waals surface area contributed by atoms with Gasteiger partial charge in [0.15, 0.2) is 0 Å². The Bertz CT molecular complexity index is 479. The minimum absolute atomic E-state index is 0.168. The molecule has 1 aromatic rings. The fourth-order valence-corrected chi connectivity index (χ4v) is 3.60. The first-order valence-electron chi connectivity index (χ1n) is 6.06. The van der Waals surface area contributed by atoms with Crippen molar-refractivity contribution in [1.82, 2.24) is 9.62 Å². The molecule has 100 valence electrons. The highest BCUT2D eigenvalue weighted by molar-refractivity contribution is 7.90. The molecule has 1 fully saturated rings. The molecule has 0 aromatic heterocycles. The topological polar surface area (TPSA) is 61.4 Å². The summed E-state index contributed by atoms with van der Waals surface area (Å²) < 4.78 is 28.6. The third-order valence-corrected chi connectivity index (χ3v) is 4.36. The zero-order chi connectivity index (χ0) is 13.2. The Morgan fingerprint density at radius 3 is 2.28 bits per heavy atom. The van der Waals surface area contributed by atoms with Crippen molar-refractivity contribution < 1.29 is 8.42 Å². The Hall–Kier alpha value is -1.11. The van der Waals surface area contributed by atoms with Crippen molar-refractivity contribution in [3.05, 3.63) is 30.3 Å². The normalized spacial score (nSPS) is 25.9. The van der Waals surface area contributed by atoms with Crippen LogP contribution < -0.4 is 10.0 Å². The third kappa shape index (κ3) is 3.22. The number of piperazine rings is 1. The van der Waals surface area contributed by atoms with Crippen molar-refractivity contribution in [2.24, 2.45) is 0 Å². The lowest BCUT2D eigenvalue weighted by molar-refractivity contribution is 0.264. The molecule has 1 aromatic carbocycles. The summed E-state index contributed by atoms with van der Waals surface area (Å²) in [5.74, 6) is 0. The van der Waals surface area contributed by atoms with Crippen LogP contribution in [0.5, 0.6) is 0 Å². The summed E-state index contributed by atoms with van der Waals surface area (Å²) in [6, 6.07) is 9.29. The maximum Gasteiger partial charge on any atom is 0.301 e. The van der Waals surface area contributed by atoms with E-state index in [0.29, 0.717) is 18.8 Å². The highest BCUT2D eigenvalue weighted by Gasteiger charge is 2.29. The minimum atomic E-state index is -3.46. The molecule has 1 heterocycles. The van der Waals surface area contributed by atoms with Gasteiger partial charge in [-0.15, -0.1) is 0 Å². The van der Waals surface area contributed by atoms with Crippen LogP contribution >= 0.6 is 0 Å². The van der Waals surface area contributed by atoms with Crippen molar-refractivity contribution >= 4 is 15.9 Å². The molecule has 1 saturated heterocycles. The molecule has 0 aliphatic carbocycles. The SMILES string of the molecule is CC1CN(S(=O)(=O)Nc2ccccc2)CC(C)N1. The number of rotatable bonds is 3. The lowest BCUT2D eigenvalue weighted by Crippen LogP contribution is -2.56. The molecule has 1 aliphatic rings. The quantitative estimate of drug-likeness (QED) is 0.861. The van der Waals surface area contributed by atoms with E-state index < -0.39 is 10.2 Å². The number of nitrogens with zero attached hydrogens (tertiary/aromatic N) is 1. The number of hydrogen-bond acceptors (Lipinski definition) is 3. The zero-order valence-corrected chi connectivity index (χ0v) is 11.4. The Morgan fingerprint density at radius 1 is 1.17 bits per heavy atom. The van der Waals surface area contributed by atoms with Crippen LogP contribution in [0.3, 0.4) is 0 Å². The minimum Gasteiger partial charge on any atom is -0.309 e. The van der Waals surface area contributed by atoms with Crippen LogP contribution in [0.2, 0.25) is 0 Å². The van der Waals surface area contributed by atoms with Gasteiger partial charge in [-0.1, -0.05) is 18.2 Å². The van der Waals surface area contributed by atoms with E-state index in [-0.39, 0.29) is 12.1 Å². The highest BCUT2D eigenvalue weighted by atomic mass is 32.2. The van der Waals surface area contributed by atoms with Crippen LogP contribution in [-0.4, -0.2) is 37.9 Å². The first kappa shape index (κ1) is 13.3. The molecule has 0 saturated carbocycles. The zero-order valence-electron chi connectivity index (χ0n) is 10.6. The van der Waals surface area contributed by atoms with Crippen molar-refractivity contribution in [2.75, 3.05) is 17.8 Å². The summed E-state index contributed by atoms with van der Waals surface area (Å²) >= 11 is 0. The standard InChI is InChI=1S/C12H19N3O2S/c1-10-8-15(9-11(2)13-10)18(16,17)14-12-6-4-3-5-7-12/h3-7,10-11,13-14H,8-9H2,1-2H3. The Kier molecular flexibility index (Phi) is 3.89. The summed E-state index contributed by atoms with van der Waals surface area (Å²) in [6.07, 6.45) is 0. The Labute approximate surface area is 108 Å². The van der Waals surface area contributed by atoms with E-state index in [9.17, 15) is 8.42 Å². The molecule has 6 heteroatoms. The summed E-state index contributed by atoms with van der Waals surface area (Å²) in [4.78, 5) is 0. The van der Waals surface area contributed by atoms with Gasteiger partial charge in [0.2, 0.25) is 0 Å². The average molecular weight is 269 g/mol. The van der Waals surface area contributed by atoms with E-state index in [1.807, 2.05) is 19.9 Å². The lowest BCUT2D eigenvalue weighted by atomic mass is 10.2. The maximum atomic E-state index is 12.2. The van der Waals surface area contributed by atoms with Gasteiger partial charge in [0.1, 0.15) is 0 Å². The van der Waals surface area contributed by atoms with E-state index >= 15 is 0 Å². The van der Waals surface area contributed by atoms with Gasteiger partial charge in [-0.3, -0.25) is 4.72 Å². The molecule has 5 nitrogen and oxygen atoms in total. The summed E-state index contributed by atoms with van der Waals surface area (Å²) in [7, 11) is -3.46. The van der Waals surface area contributed by atoms with Gasteiger partial charge in [0, 0.05) is 30.9 Å². The van der Waals surface area contributed by atoms with Crippen molar-refractivity contribution in [1.29, 1.82) is 0 Å². The van der Waals surface area contributed by atoms with Crippen LogP contribution in [0.1, 0.15) is 13.8 Å². The monoisotopic (exact) mass is 269 g/mol. The molecule has 18 heavy (non-hydrogen) atoms. The van der Waals surface area contributed by atoms with Gasteiger partial charge in [-0.2, -0.15) is 12.7 Å². The molecule has 0 radical (unpaired) electrons. The van der Waals surface area contributed by atoms with Crippen molar-refractivity contribution in [3.8, 4) is 0 Å². The van der Waals surface area contributed by atoms with Gasteiger partial charge in [0.25, 0.3) is 0 Å². The predicted octanol–water partition coefficient (Wildman–Crippen LogP) is 1.03. The Balaban J connectivity index is 2.11. The summed E-state index contributed by atoms with van der Waals surface area (Å²) in [5, 5.41) is 3.31. The molecule has 2 atom stereocenters. The molecule has 1 aliphatic heterocycles. The molecule has 0 bridgehead atoms. The second-order valence-corrected chi connectivity index (χ2v) is 6.43. The third-order valence-electron chi connectivity index (χ3n) is 2.88. The summed E-state index contributed by atoms with van der Waals surface area (Å²) in [6.45, 7) is 4.96. The number of nitrogens with one attached hydrogen (secondary N) is 2. The van der Waals surface area contributed by atoms with Crippen LogP contribution in [0.25, 0.3) is 0 Å². The number of benzene rings is 1. The van der Waals surface area contributed by atoms with Crippen LogP contribution in [-0.2, 0) is 10.2 Å². The van der Waals surface area contributed by atoms with E-state index in [4.69, 9.17) is 0 Å². The van der Waals surface area contributed by atoms with Crippen LogP contribution in [0.4, 0.5) is 5.69 Å². The van der Waals surface area contributed by atoms with Crippen LogP contribution in [0.15, 0.2) is 30.3 Å². The number of hydrogen-bond donors (Lipinski definition) is 2. The van der Waals surface area contributed by atoms with E-state index in [2.05, 4.69) is 10.0 Å². The second kappa shape index (κ2) is 5.26. The fourth-order valence-electron chi connectivity index (χ4n) is 2.19. The van der Waals surface area contributed by atoms with Gasteiger partial charge < -0.3 is 5.32 Å². The van der Waals surface area contributed by atoms with E-state index in [1.54, 1.807) is 24.3 Å². The average Bonchev–Trinajstić information content (AvgIpc) is 2.28. The highest BCUT2D eigenvalue weighted by Crippen LogP contribution is 2.14. The van der Waals surface area contributed by atoms with Crippen LogP contribution in [0, 0.1) is 0 Å². The molecule has 2 unspecified atom stereocenters. The lowest BCUT2D eigenvalue weighted by Gasteiger charge is -2.35. The first-order chi connectivity index (χ1) is 8.47. The second-order valence-electron chi connectivity index (χ2n) is 4.76. The van der Waals surface area contributed by atoms with Gasteiger partial charge in [0.05, 0.1) is 0 Å². The largest absolute Gasteiger partial charge is 0.309 e. The van der Waals surface area contributed by atoms with E-state index in [0.717, 1.165) is 0 Å². The fraction of sp³-hybridized carbons (Fsp3) is 0.500. The van der Waals surface area contributed by atoms with Gasteiger partial charge >= 0.3 is 10.2 Å². The smallest absolute Gasteiger partial charge is 0.301 e. The Morgan fingerprint density at radius 2 is 1.72 bits per heavy atom. The molecule has 0 amide bonds. The molecule has 0 spiro atoms. The van der Waals surface area contributed by atoms with Gasteiger partial charge in [-0.05, 0) is 26.0 Å².